The summed E-state index contributed by atoms with van der Waals surface area (Å²) in [6, 6.07) is 36.9. The van der Waals surface area contributed by atoms with E-state index < -0.39 is 0 Å². The number of nitrogens with zero attached hydrogens (tertiary/aromatic N) is 5. The molecular formula is C68H74CuIN5O2. The van der Waals surface area contributed by atoms with E-state index in [-0.39, 0.29) is 65.9 Å². The van der Waals surface area contributed by atoms with Gasteiger partial charge in [0.15, 0.2) is 0 Å². The van der Waals surface area contributed by atoms with Crippen LogP contribution in [0.2, 0.25) is 0 Å². The molecule has 2 aliphatic rings. The van der Waals surface area contributed by atoms with Crippen molar-refractivity contribution in [2.24, 2.45) is 0 Å². The monoisotopic (exact) mass is 1180 g/mol. The van der Waals surface area contributed by atoms with E-state index >= 15 is 0 Å². The zero-order valence-corrected chi connectivity index (χ0v) is 51.4. The summed E-state index contributed by atoms with van der Waals surface area (Å²) in [6.45, 7) is 40.4. The molecule has 8 bridgehead atoms. The predicted molar refractivity (Wildman–Crippen MR) is 329 cm³/mol. The van der Waals surface area contributed by atoms with Crippen LogP contribution in [0.4, 0.5) is 0 Å². The Morgan fingerprint density at radius 3 is 1.01 bits per heavy atom. The summed E-state index contributed by atoms with van der Waals surface area (Å²) in [6.07, 6.45) is 5.91. The fourth-order valence-electron chi connectivity index (χ4n) is 10.00. The van der Waals surface area contributed by atoms with Crippen molar-refractivity contribution in [2.45, 2.75) is 157 Å². The fourth-order valence-corrected chi connectivity index (χ4v) is 10.4. The predicted octanol–water partition coefficient (Wildman–Crippen LogP) is 18.6. The maximum absolute atomic E-state index is 13.8. The first-order chi connectivity index (χ1) is 35.1. The molecule has 0 aliphatic carbocycles. The van der Waals surface area contributed by atoms with E-state index in [2.05, 4.69) is 250 Å². The van der Waals surface area contributed by atoms with E-state index in [1.54, 1.807) is 6.08 Å². The van der Waals surface area contributed by atoms with Crippen molar-refractivity contribution >= 4 is 68.6 Å². The van der Waals surface area contributed by atoms with Crippen LogP contribution in [0, 0.1) is 13.7 Å². The summed E-state index contributed by atoms with van der Waals surface area (Å²) in [5.41, 5.74) is 17.4. The number of nitro groups is 1. The van der Waals surface area contributed by atoms with Crippen LogP contribution < -0.4 is 9.97 Å². The first kappa shape index (κ1) is 57.3. The largest absolute Gasteiger partial charge is 2.00 e. The van der Waals surface area contributed by atoms with Gasteiger partial charge in [0.05, 0.1) is 22.0 Å². The maximum atomic E-state index is 13.8. The van der Waals surface area contributed by atoms with Crippen LogP contribution in [0.25, 0.3) is 90.5 Å². The minimum Gasteiger partial charge on any atom is -0.657 e. The molecule has 77 heavy (non-hydrogen) atoms. The van der Waals surface area contributed by atoms with Crippen molar-refractivity contribution in [2.75, 3.05) is 0 Å². The number of hydrogen-bond donors (Lipinski definition) is 0. The van der Waals surface area contributed by atoms with Gasteiger partial charge in [-0.3, -0.25) is 10.1 Å². The van der Waals surface area contributed by atoms with Crippen LogP contribution in [0.5, 0.6) is 0 Å². The second kappa shape index (κ2) is 20.1. The minimum atomic E-state index is -0.295. The SMILES string of the molecule is CC(C)(C)c1cc(-c2c3nc(c(-c4cc(C(C)(C)C)cc(C(C)(C)C)c4)c4ccc([n-]4)c(-c4cc(C(C)(C)C)cc(C(C)(C)C)c4)c4nc(c(-c5ccc(I)cc5)c5ccc2[n-]5)C=C4[N+](=O)[O-])C=C3)cc(C(C)(C)C)c1.[Cu+2]. The number of fused-ring (bicyclic) bond motifs is 8. The molecular weight excluding hydrogens is 1110 g/mol. The van der Waals surface area contributed by atoms with Gasteiger partial charge in [-0.1, -0.05) is 216 Å². The first-order valence-corrected chi connectivity index (χ1v) is 27.7. The Bertz CT molecular complexity index is 3640. The molecule has 7 nitrogen and oxygen atoms in total. The Hall–Kier alpha value is -5.87. The zero-order chi connectivity index (χ0) is 55.4. The molecule has 2 aliphatic heterocycles. The van der Waals surface area contributed by atoms with E-state index in [0.717, 1.165) is 65.0 Å². The van der Waals surface area contributed by atoms with Crippen molar-refractivity contribution < 1.29 is 22.0 Å². The van der Waals surface area contributed by atoms with Crippen molar-refractivity contribution in [1.29, 1.82) is 0 Å². The topological polar surface area (TPSA) is 97.1 Å². The molecule has 0 fully saturated rings. The summed E-state index contributed by atoms with van der Waals surface area (Å²) in [4.78, 5) is 35.9. The van der Waals surface area contributed by atoms with Gasteiger partial charge in [0.25, 0.3) is 5.70 Å². The molecule has 0 amide bonds. The Balaban J connectivity index is 0.00000784. The van der Waals surface area contributed by atoms with E-state index in [1.807, 2.05) is 12.1 Å². The summed E-state index contributed by atoms with van der Waals surface area (Å²) in [5, 5.41) is 13.8. The van der Waals surface area contributed by atoms with Crippen molar-refractivity contribution in [3.63, 3.8) is 0 Å². The van der Waals surface area contributed by atoms with E-state index in [9.17, 15) is 10.1 Å². The third kappa shape index (κ3) is 11.7. The van der Waals surface area contributed by atoms with Crippen LogP contribution >= 0.6 is 22.6 Å². The number of halogens is 1. The quantitative estimate of drug-likeness (QED) is 0.0737. The van der Waals surface area contributed by atoms with Crippen LogP contribution in [0.3, 0.4) is 0 Å². The molecule has 0 spiro atoms. The Labute approximate surface area is 481 Å². The van der Waals surface area contributed by atoms with Gasteiger partial charge < -0.3 is 9.97 Å². The van der Waals surface area contributed by atoms with Gasteiger partial charge >= 0.3 is 17.1 Å². The van der Waals surface area contributed by atoms with Gasteiger partial charge in [0.2, 0.25) is 0 Å². The van der Waals surface area contributed by atoms with Crippen LogP contribution in [0.15, 0.2) is 103 Å². The molecule has 1 radical (unpaired) electrons. The average Bonchev–Trinajstić information content (AvgIpc) is 4.16. The average molecular weight is 1180 g/mol. The maximum Gasteiger partial charge on any atom is 2.00 e. The summed E-state index contributed by atoms with van der Waals surface area (Å²) in [5.74, 6) is 0. The van der Waals surface area contributed by atoms with Gasteiger partial charge in [-0.2, -0.15) is 0 Å². The third-order valence-corrected chi connectivity index (χ3v) is 15.6. The summed E-state index contributed by atoms with van der Waals surface area (Å²) >= 11 is 2.32. The molecule has 5 heterocycles. The molecule has 0 unspecified atom stereocenters. The molecule has 9 heteroatoms. The van der Waals surface area contributed by atoms with Crippen LogP contribution in [-0.4, -0.2) is 14.9 Å². The standard InChI is InChI=1S/C68H74IN5O2.Cu/c1-63(2,3)43-29-40(30-44(35-43)64(4,5)6)59-51-24-23-50(70-51)58(39-19-21-49(69)22-20-39)56-38-57(74(75)76)62(73-56)61(42-33-47(67(13,14)15)37-48(34-42)68(16,17)18)55-28-27-54(72-55)60(53-26-25-52(59)71-53)41-31-45(65(7,8)9)36-46(32-41)66(10,11)12;/h19-38H,1-18H3;/q-2;+2. The molecule has 0 saturated heterocycles. The Morgan fingerprint density at radius 1 is 0.403 bits per heavy atom. The van der Waals surface area contributed by atoms with Gasteiger partial charge in [0.1, 0.15) is 5.69 Å². The van der Waals surface area contributed by atoms with E-state index in [0.29, 0.717) is 33.4 Å². The van der Waals surface area contributed by atoms with Crippen molar-refractivity contribution in [1.82, 2.24) is 19.9 Å². The summed E-state index contributed by atoms with van der Waals surface area (Å²) in [7, 11) is 0. The molecule has 0 saturated carbocycles. The molecule has 0 N–H and O–H groups in total. The van der Waals surface area contributed by atoms with Crippen molar-refractivity contribution in [3.05, 3.63) is 173 Å². The van der Waals surface area contributed by atoms with Crippen LogP contribution in [0.1, 0.15) is 181 Å². The molecule has 401 valence electrons. The zero-order valence-electron chi connectivity index (χ0n) is 48.3. The van der Waals surface area contributed by atoms with Gasteiger partial charge in [-0.05, 0) is 157 Å². The molecule has 3 aromatic heterocycles. The summed E-state index contributed by atoms with van der Waals surface area (Å²) < 4.78 is 1.06. The van der Waals surface area contributed by atoms with E-state index in [4.69, 9.17) is 19.9 Å². The third-order valence-electron chi connectivity index (χ3n) is 14.9. The second-order valence-electron chi connectivity index (χ2n) is 27.2. The van der Waals surface area contributed by atoms with E-state index in [1.165, 1.54) is 22.3 Å². The molecule has 4 aromatic carbocycles. The van der Waals surface area contributed by atoms with Gasteiger partial charge in [-0.15, -0.1) is 22.1 Å². The number of aromatic nitrogens is 4. The Kier molecular flexibility index (Phi) is 15.0. The number of hydrogen-bond acceptors (Lipinski definition) is 4. The number of benzene rings is 4. The second-order valence-corrected chi connectivity index (χ2v) is 28.4. The molecule has 7 aromatic rings. The normalized spacial score (nSPS) is 13.4. The fraction of sp³-hybridized carbons (Fsp3) is 0.353. The smallest absolute Gasteiger partial charge is 0.657 e. The van der Waals surface area contributed by atoms with Crippen molar-refractivity contribution in [3.8, 4) is 44.5 Å². The van der Waals surface area contributed by atoms with Crippen LogP contribution in [-0.2, 0) is 49.6 Å². The van der Waals surface area contributed by atoms with Gasteiger partial charge in [0, 0.05) is 9.65 Å². The van der Waals surface area contributed by atoms with Gasteiger partial charge in [-0.25, -0.2) is 9.97 Å². The minimum absolute atomic E-state index is 0. The Morgan fingerprint density at radius 2 is 0.701 bits per heavy atom. The number of rotatable bonds is 5. The molecule has 9 rings (SSSR count). The molecule has 0 atom stereocenters. The first-order valence-electron chi connectivity index (χ1n) is 26.6.